The van der Waals surface area contributed by atoms with Crippen LogP contribution in [0.5, 0.6) is 0 Å². The summed E-state index contributed by atoms with van der Waals surface area (Å²) in [6.07, 6.45) is 7.98. The van der Waals surface area contributed by atoms with E-state index in [1.165, 1.54) is 0 Å². The number of hydrogen-bond donors (Lipinski definition) is 2. The fourth-order valence-electron chi connectivity index (χ4n) is 4.67. The van der Waals surface area contributed by atoms with E-state index in [0.717, 1.165) is 55.0 Å². The molecular weight excluding hydrogens is 428 g/mol. The molecule has 3 aromatic heterocycles. The Labute approximate surface area is 201 Å². The Kier molecular flexibility index (Phi) is 6.70. The van der Waals surface area contributed by atoms with Gasteiger partial charge in [0.2, 0.25) is 0 Å². The Morgan fingerprint density at radius 3 is 2.47 bits per heavy atom. The predicted molar refractivity (Wildman–Crippen MR) is 134 cm³/mol. The zero-order chi connectivity index (χ0) is 24.5. The lowest BCUT2D eigenvalue weighted by Gasteiger charge is -2.35. The molecule has 0 spiro atoms. The molecule has 1 fully saturated rings. The second kappa shape index (κ2) is 9.54. The lowest BCUT2D eigenvalue weighted by molar-refractivity contribution is 0.0482. The number of piperidine rings is 1. The van der Waals surface area contributed by atoms with Crippen LogP contribution >= 0.6 is 0 Å². The first-order valence-corrected chi connectivity index (χ1v) is 11.8. The van der Waals surface area contributed by atoms with Crippen molar-refractivity contribution < 1.29 is 9.90 Å². The lowest BCUT2D eigenvalue weighted by Crippen LogP contribution is -2.37. The maximum absolute atomic E-state index is 12.9. The van der Waals surface area contributed by atoms with Gasteiger partial charge in [0.05, 0.1) is 34.9 Å². The highest BCUT2D eigenvalue weighted by molar-refractivity contribution is 6.05. The second-order valence-electron chi connectivity index (χ2n) is 10.0. The lowest BCUT2D eigenvalue weighted by atomic mass is 9.86. The second-order valence-corrected chi connectivity index (χ2v) is 10.0. The van der Waals surface area contributed by atoms with Crippen molar-refractivity contribution in [2.24, 2.45) is 5.92 Å². The maximum Gasteiger partial charge on any atom is 0.259 e. The normalized spacial score (nSPS) is 14.9. The average molecular weight is 463 g/mol. The van der Waals surface area contributed by atoms with E-state index in [-0.39, 0.29) is 5.91 Å². The zero-order valence-electron chi connectivity index (χ0n) is 20.7. The molecule has 0 aliphatic carbocycles. The molecule has 1 saturated heterocycles. The number of anilines is 2. The average Bonchev–Trinajstić information content (AvgIpc) is 3.15. The molecule has 8 heteroatoms. The molecular formula is C26H34N6O2. The number of pyridine rings is 2. The van der Waals surface area contributed by atoms with E-state index in [2.05, 4.69) is 25.3 Å². The summed E-state index contributed by atoms with van der Waals surface area (Å²) in [6.45, 7) is 11.5. The molecule has 0 saturated carbocycles. The topological polar surface area (TPSA) is 96.2 Å². The van der Waals surface area contributed by atoms with Crippen molar-refractivity contribution in [3.63, 3.8) is 0 Å². The standard InChI is InChI=1S/C26H34N6O2/c1-17-6-7-23(27-14-17)32-19(3)22(16-29-32)25(33)30-21-12-18(2)24(28-15-21)31-10-8-20(9-11-31)13-26(4,5)34/h6-7,12,14-16,20,34H,8-11,13H2,1-5H3,(H,30,33). The molecule has 0 atom stereocenters. The first kappa shape index (κ1) is 23.9. The van der Waals surface area contributed by atoms with Gasteiger partial charge >= 0.3 is 0 Å². The summed E-state index contributed by atoms with van der Waals surface area (Å²) < 4.78 is 1.67. The quantitative estimate of drug-likeness (QED) is 0.569. The Hall–Kier alpha value is -3.26. The maximum atomic E-state index is 12.9. The predicted octanol–water partition coefficient (Wildman–Crippen LogP) is 4.22. The Balaban J connectivity index is 1.41. The molecule has 1 aliphatic heterocycles. The molecule has 3 aromatic rings. The number of carbonyl (C=O) groups excluding carboxylic acids is 1. The van der Waals surface area contributed by atoms with Gasteiger partial charge < -0.3 is 15.3 Å². The summed E-state index contributed by atoms with van der Waals surface area (Å²) in [5.74, 6) is 1.94. The summed E-state index contributed by atoms with van der Waals surface area (Å²) in [7, 11) is 0. The van der Waals surface area contributed by atoms with Crippen molar-refractivity contribution in [1.29, 1.82) is 0 Å². The van der Waals surface area contributed by atoms with E-state index < -0.39 is 5.60 Å². The Morgan fingerprint density at radius 1 is 1.12 bits per heavy atom. The van der Waals surface area contributed by atoms with Gasteiger partial charge in [-0.05, 0) is 83.1 Å². The molecule has 180 valence electrons. The first-order chi connectivity index (χ1) is 16.1. The van der Waals surface area contributed by atoms with Crippen LogP contribution in [-0.2, 0) is 0 Å². The third kappa shape index (κ3) is 5.44. The van der Waals surface area contributed by atoms with Crippen molar-refractivity contribution in [3.8, 4) is 5.82 Å². The molecule has 1 aliphatic rings. The zero-order valence-corrected chi connectivity index (χ0v) is 20.7. The van der Waals surface area contributed by atoms with E-state index in [0.29, 0.717) is 23.0 Å². The molecule has 34 heavy (non-hydrogen) atoms. The molecule has 2 N–H and O–H groups in total. The van der Waals surface area contributed by atoms with E-state index in [4.69, 9.17) is 0 Å². The summed E-state index contributed by atoms with van der Waals surface area (Å²) in [5, 5.41) is 17.4. The van der Waals surface area contributed by atoms with E-state index in [9.17, 15) is 9.90 Å². The van der Waals surface area contributed by atoms with Gasteiger partial charge in [-0.1, -0.05) is 6.07 Å². The molecule has 0 bridgehead atoms. The van der Waals surface area contributed by atoms with Crippen LogP contribution in [0.2, 0.25) is 0 Å². The number of amides is 1. The van der Waals surface area contributed by atoms with Gasteiger partial charge in [-0.2, -0.15) is 5.10 Å². The SMILES string of the molecule is Cc1ccc(-n2ncc(C(=O)Nc3cnc(N4CCC(CC(C)(C)O)CC4)c(C)c3)c2C)nc1. The van der Waals surface area contributed by atoms with Crippen LogP contribution in [0.25, 0.3) is 5.82 Å². The van der Waals surface area contributed by atoms with Crippen LogP contribution in [0.3, 0.4) is 0 Å². The van der Waals surface area contributed by atoms with Crippen molar-refractivity contribution in [2.45, 2.75) is 59.5 Å². The number of aryl methyl sites for hydroxylation is 2. The minimum atomic E-state index is -0.619. The first-order valence-electron chi connectivity index (χ1n) is 11.8. The Bertz CT molecular complexity index is 1160. The smallest absolute Gasteiger partial charge is 0.259 e. The largest absolute Gasteiger partial charge is 0.390 e. The fourth-order valence-corrected chi connectivity index (χ4v) is 4.67. The van der Waals surface area contributed by atoms with Gasteiger partial charge in [0.25, 0.3) is 5.91 Å². The van der Waals surface area contributed by atoms with E-state index in [1.54, 1.807) is 23.3 Å². The van der Waals surface area contributed by atoms with Gasteiger partial charge in [0.1, 0.15) is 5.82 Å². The summed E-state index contributed by atoms with van der Waals surface area (Å²) in [6, 6.07) is 5.82. The Morgan fingerprint density at radius 2 is 1.85 bits per heavy atom. The summed E-state index contributed by atoms with van der Waals surface area (Å²) in [5.41, 5.74) is 3.35. The molecule has 4 heterocycles. The molecule has 0 aromatic carbocycles. The monoisotopic (exact) mass is 462 g/mol. The number of rotatable bonds is 6. The number of nitrogens with one attached hydrogen (secondary N) is 1. The summed E-state index contributed by atoms with van der Waals surface area (Å²) >= 11 is 0. The molecule has 0 radical (unpaired) electrons. The number of aromatic nitrogens is 4. The molecule has 8 nitrogen and oxygen atoms in total. The van der Waals surface area contributed by atoms with Crippen molar-refractivity contribution in [2.75, 3.05) is 23.3 Å². The van der Waals surface area contributed by atoms with Gasteiger partial charge in [-0.3, -0.25) is 4.79 Å². The van der Waals surface area contributed by atoms with Crippen LogP contribution in [0.4, 0.5) is 11.5 Å². The van der Waals surface area contributed by atoms with Gasteiger partial charge in [0.15, 0.2) is 5.82 Å². The van der Waals surface area contributed by atoms with Crippen LogP contribution in [-0.4, -0.2) is 49.5 Å². The van der Waals surface area contributed by atoms with Gasteiger partial charge in [-0.15, -0.1) is 0 Å². The summed E-state index contributed by atoms with van der Waals surface area (Å²) in [4.78, 5) is 24.3. The molecule has 1 amide bonds. The van der Waals surface area contributed by atoms with Crippen molar-refractivity contribution in [3.05, 3.63) is 59.2 Å². The van der Waals surface area contributed by atoms with E-state index in [1.807, 2.05) is 52.8 Å². The highest BCUT2D eigenvalue weighted by atomic mass is 16.3. The minimum absolute atomic E-state index is 0.225. The van der Waals surface area contributed by atoms with Crippen LogP contribution in [0, 0.1) is 26.7 Å². The van der Waals surface area contributed by atoms with Crippen LogP contribution in [0.15, 0.2) is 36.8 Å². The van der Waals surface area contributed by atoms with Gasteiger partial charge in [0, 0.05) is 19.3 Å². The van der Waals surface area contributed by atoms with Crippen molar-refractivity contribution >= 4 is 17.4 Å². The highest BCUT2D eigenvalue weighted by Gasteiger charge is 2.26. The van der Waals surface area contributed by atoms with E-state index >= 15 is 0 Å². The minimum Gasteiger partial charge on any atom is -0.390 e. The van der Waals surface area contributed by atoms with Crippen LogP contribution in [0.1, 0.15) is 60.3 Å². The number of hydrogen-bond acceptors (Lipinski definition) is 6. The third-order valence-corrected chi connectivity index (χ3v) is 6.38. The molecule has 0 unspecified atom stereocenters. The van der Waals surface area contributed by atoms with Gasteiger partial charge in [-0.25, -0.2) is 14.6 Å². The fraction of sp³-hybridized carbons (Fsp3) is 0.462. The van der Waals surface area contributed by atoms with Crippen molar-refractivity contribution in [1.82, 2.24) is 19.7 Å². The van der Waals surface area contributed by atoms with Crippen LogP contribution < -0.4 is 10.2 Å². The number of aliphatic hydroxyl groups is 1. The third-order valence-electron chi connectivity index (χ3n) is 6.38. The highest BCUT2D eigenvalue weighted by Crippen LogP contribution is 2.30. The number of carbonyl (C=O) groups is 1. The molecule has 4 rings (SSSR count). The number of nitrogens with zero attached hydrogens (tertiary/aromatic N) is 5.